The van der Waals surface area contributed by atoms with E-state index in [1.165, 1.54) is 0 Å². The summed E-state index contributed by atoms with van der Waals surface area (Å²) in [5.41, 5.74) is 2.37. The average molecular weight is 383 g/mol. The van der Waals surface area contributed by atoms with Crippen molar-refractivity contribution >= 4 is 45.9 Å². The van der Waals surface area contributed by atoms with Crippen molar-refractivity contribution in [1.82, 2.24) is 4.98 Å². The van der Waals surface area contributed by atoms with E-state index in [9.17, 15) is 9.59 Å². The van der Waals surface area contributed by atoms with Crippen LogP contribution in [0.5, 0.6) is 0 Å². The molecule has 3 aromatic rings. The highest BCUT2D eigenvalue weighted by molar-refractivity contribution is 7.20. The van der Waals surface area contributed by atoms with E-state index in [0.717, 1.165) is 39.9 Å². The average Bonchev–Trinajstić information content (AvgIpc) is 3.37. The van der Waals surface area contributed by atoms with Crippen molar-refractivity contribution in [2.75, 3.05) is 16.8 Å². The van der Waals surface area contributed by atoms with E-state index in [0.29, 0.717) is 6.42 Å². The summed E-state index contributed by atoms with van der Waals surface area (Å²) < 4.78 is 0. The maximum absolute atomic E-state index is 12.3. The third-order valence-electron chi connectivity index (χ3n) is 4.16. The molecule has 0 spiro atoms. The molecule has 0 atom stereocenters. The lowest BCUT2D eigenvalue weighted by molar-refractivity contribution is -0.117. The molecule has 0 saturated carbocycles. The number of thiophene rings is 1. The minimum atomic E-state index is -0.0990. The van der Waals surface area contributed by atoms with E-state index in [2.05, 4.69) is 10.3 Å². The number of thiazole rings is 1. The molecule has 0 bridgehead atoms. The first-order valence-electron chi connectivity index (χ1n) is 8.37. The van der Waals surface area contributed by atoms with Gasteiger partial charge in [0.15, 0.2) is 0 Å². The number of hydrogen-bond donors (Lipinski definition) is 1. The molecule has 0 aliphatic carbocycles. The van der Waals surface area contributed by atoms with Crippen LogP contribution in [0.3, 0.4) is 0 Å². The van der Waals surface area contributed by atoms with Crippen molar-refractivity contribution in [2.45, 2.75) is 19.3 Å². The largest absolute Gasteiger partial charge is 0.326 e. The number of aromatic nitrogens is 1. The highest BCUT2D eigenvalue weighted by Gasteiger charge is 2.21. The fourth-order valence-corrected chi connectivity index (χ4v) is 4.55. The lowest BCUT2D eigenvalue weighted by Gasteiger charge is -2.16. The molecule has 7 heteroatoms. The molecule has 26 heavy (non-hydrogen) atoms. The van der Waals surface area contributed by atoms with Crippen LogP contribution < -0.4 is 10.2 Å². The molecule has 1 fully saturated rings. The summed E-state index contributed by atoms with van der Waals surface area (Å²) in [6, 6.07) is 11.4. The molecule has 1 aliphatic heterocycles. The highest BCUT2D eigenvalue weighted by atomic mass is 32.1. The Morgan fingerprint density at radius 1 is 1.19 bits per heavy atom. The van der Waals surface area contributed by atoms with Gasteiger partial charge in [-0.05, 0) is 42.1 Å². The first kappa shape index (κ1) is 16.9. The van der Waals surface area contributed by atoms with Gasteiger partial charge in [0.05, 0.1) is 17.0 Å². The molecule has 2 amide bonds. The van der Waals surface area contributed by atoms with Crippen molar-refractivity contribution in [3.63, 3.8) is 0 Å². The minimum Gasteiger partial charge on any atom is -0.326 e. The summed E-state index contributed by atoms with van der Waals surface area (Å²) in [7, 11) is 0. The van der Waals surface area contributed by atoms with Crippen LogP contribution in [0.25, 0.3) is 9.88 Å². The Morgan fingerprint density at radius 3 is 2.73 bits per heavy atom. The topological polar surface area (TPSA) is 62.3 Å². The molecule has 1 saturated heterocycles. The van der Waals surface area contributed by atoms with Gasteiger partial charge >= 0.3 is 0 Å². The van der Waals surface area contributed by atoms with Gasteiger partial charge in [-0.25, -0.2) is 4.98 Å². The predicted molar refractivity (Wildman–Crippen MR) is 106 cm³/mol. The number of anilines is 2. The fourth-order valence-electron chi connectivity index (χ4n) is 2.92. The number of rotatable bonds is 5. The van der Waals surface area contributed by atoms with Gasteiger partial charge in [-0.15, -0.1) is 22.7 Å². The second-order valence-electron chi connectivity index (χ2n) is 6.04. The molecule has 3 heterocycles. The van der Waals surface area contributed by atoms with Crippen LogP contribution in [0, 0.1) is 0 Å². The highest BCUT2D eigenvalue weighted by Crippen LogP contribution is 2.28. The number of amides is 2. The number of carbonyl (C=O) groups excluding carboxylic acids is 2. The van der Waals surface area contributed by atoms with E-state index in [-0.39, 0.29) is 18.2 Å². The van der Waals surface area contributed by atoms with Crippen LogP contribution in [-0.4, -0.2) is 23.3 Å². The third-order valence-corrected chi connectivity index (χ3v) is 6.09. The molecule has 0 radical (unpaired) electrons. The van der Waals surface area contributed by atoms with Crippen molar-refractivity contribution in [3.8, 4) is 9.88 Å². The smallest absolute Gasteiger partial charge is 0.230 e. The summed E-state index contributed by atoms with van der Waals surface area (Å²) in [4.78, 5) is 31.5. The van der Waals surface area contributed by atoms with Crippen LogP contribution in [0.1, 0.15) is 18.5 Å². The van der Waals surface area contributed by atoms with E-state index in [1.807, 2.05) is 47.2 Å². The van der Waals surface area contributed by atoms with E-state index < -0.39 is 0 Å². The zero-order chi connectivity index (χ0) is 17.9. The fraction of sp³-hybridized carbons (Fsp3) is 0.211. The Labute approximate surface area is 159 Å². The van der Waals surface area contributed by atoms with Crippen molar-refractivity contribution < 1.29 is 9.59 Å². The zero-order valence-electron chi connectivity index (χ0n) is 14.0. The van der Waals surface area contributed by atoms with Crippen LogP contribution in [-0.2, 0) is 16.0 Å². The standard InChI is InChI=1S/C19H17N3O2S2/c23-17(11-14-12-26-19(21-14)16-3-2-10-25-16)20-13-5-7-15(8-6-13)22-9-1-4-18(22)24/h2-3,5-8,10,12H,1,4,9,11H2,(H,20,23). The van der Waals surface area contributed by atoms with Crippen LogP contribution in [0.2, 0.25) is 0 Å². The van der Waals surface area contributed by atoms with Gasteiger partial charge in [-0.1, -0.05) is 6.07 Å². The van der Waals surface area contributed by atoms with Gasteiger partial charge in [0.1, 0.15) is 5.01 Å². The summed E-state index contributed by atoms with van der Waals surface area (Å²) in [5, 5.41) is 7.78. The second-order valence-corrected chi connectivity index (χ2v) is 7.85. The molecule has 1 aromatic carbocycles. The molecule has 1 aliphatic rings. The maximum atomic E-state index is 12.3. The molecule has 4 rings (SSSR count). The Hall–Kier alpha value is -2.51. The quantitative estimate of drug-likeness (QED) is 0.719. The lowest BCUT2D eigenvalue weighted by atomic mass is 10.2. The Kier molecular flexibility index (Phi) is 4.81. The number of carbonyl (C=O) groups is 2. The molecule has 2 aromatic heterocycles. The van der Waals surface area contributed by atoms with Crippen molar-refractivity contribution in [3.05, 3.63) is 52.9 Å². The third kappa shape index (κ3) is 3.68. The van der Waals surface area contributed by atoms with Crippen molar-refractivity contribution in [1.29, 1.82) is 0 Å². The first-order valence-corrected chi connectivity index (χ1v) is 10.1. The number of hydrogen-bond acceptors (Lipinski definition) is 5. The van der Waals surface area contributed by atoms with E-state index in [1.54, 1.807) is 27.6 Å². The molecule has 132 valence electrons. The number of nitrogens with zero attached hydrogens (tertiary/aromatic N) is 2. The summed E-state index contributed by atoms with van der Waals surface area (Å²) in [5.74, 6) is 0.0601. The van der Waals surface area contributed by atoms with Gasteiger partial charge in [0, 0.05) is 29.7 Å². The number of nitrogens with one attached hydrogen (secondary N) is 1. The molecule has 0 unspecified atom stereocenters. The van der Waals surface area contributed by atoms with Crippen molar-refractivity contribution in [2.24, 2.45) is 0 Å². The van der Waals surface area contributed by atoms with Gasteiger partial charge in [-0.2, -0.15) is 0 Å². The molecule has 5 nitrogen and oxygen atoms in total. The monoisotopic (exact) mass is 383 g/mol. The summed E-state index contributed by atoms with van der Waals surface area (Å²) in [6.45, 7) is 0.765. The van der Waals surface area contributed by atoms with Gasteiger partial charge in [-0.3, -0.25) is 9.59 Å². The van der Waals surface area contributed by atoms with E-state index in [4.69, 9.17) is 0 Å². The predicted octanol–water partition coefficient (Wildman–Crippen LogP) is 4.18. The second kappa shape index (κ2) is 7.39. The van der Waals surface area contributed by atoms with Gasteiger partial charge in [0.25, 0.3) is 0 Å². The first-order chi connectivity index (χ1) is 12.7. The van der Waals surface area contributed by atoms with Gasteiger partial charge < -0.3 is 10.2 Å². The van der Waals surface area contributed by atoms with Crippen LogP contribution >= 0.6 is 22.7 Å². The molecular weight excluding hydrogens is 366 g/mol. The van der Waals surface area contributed by atoms with Crippen LogP contribution in [0.4, 0.5) is 11.4 Å². The Morgan fingerprint density at radius 2 is 2.04 bits per heavy atom. The van der Waals surface area contributed by atoms with E-state index >= 15 is 0 Å². The van der Waals surface area contributed by atoms with Gasteiger partial charge in [0.2, 0.25) is 11.8 Å². The normalized spacial score (nSPS) is 14.0. The zero-order valence-corrected chi connectivity index (χ0v) is 15.6. The molecule has 1 N–H and O–H groups in total. The maximum Gasteiger partial charge on any atom is 0.230 e. The summed E-state index contributed by atoms with van der Waals surface area (Å²) in [6.07, 6.45) is 1.76. The molecular formula is C19H17N3O2S2. The Balaban J connectivity index is 1.37. The minimum absolute atomic E-state index is 0.0990. The van der Waals surface area contributed by atoms with Crippen LogP contribution in [0.15, 0.2) is 47.2 Å². The lowest BCUT2D eigenvalue weighted by Crippen LogP contribution is -2.23. The SMILES string of the molecule is O=C(Cc1csc(-c2cccs2)n1)Nc1ccc(N2CCCC2=O)cc1. The summed E-state index contributed by atoms with van der Waals surface area (Å²) >= 11 is 3.20. The Bertz CT molecular complexity index is 917. The number of benzene rings is 1.